The van der Waals surface area contributed by atoms with Gasteiger partial charge in [-0.2, -0.15) is 0 Å². The Labute approximate surface area is 107 Å². The molecule has 0 aromatic carbocycles. The first kappa shape index (κ1) is 14.4. The van der Waals surface area contributed by atoms with E-state index in [0.717, 1.165) is 17.7 Å². The van der Waals surface area contributed by atoms with Gasteiger partial charge in [0.2, 0.25) is 0 Å². The van der Waals surface area contributed by atoms with Gasteiger partial charge in [0.1, 0.15) is 0 Å². The summed E-state index contributed by atoms with van der Waals surface area (Å²) in [5.74, 6) is 2.70. The Kier molecular flexibility index (Phi) is 8.37. The molecule has 0 N–H and O–H groups in total. The van der Waals surface area contributed by atoms with Crippen molar-refractivity contribution in [2.45, 2.75) is 77.6 Å². The summed E-state index contributed by atoms with van der Waals surface area (Å²) in [6.45, 7) is 2.28. The third kappa shape index (κ3) is 5.57. The first-order valence-corrected chi connectivity index (χ1v) is 7.98. The lowest BCUT2D eigenvalue weighted by molar-refractivity contribution is 0.337. The van der Waals surface area contributed by atoms with E-state index in [1.54, 1.807) is 0 Å². The minimum absolute atomic E-state index is 0.829. The smallest absolute Gasteiger partial charge is 0.0254 e. The van der Waals surface area contributed by atoms with Crippen LogP contribution in [-0.2, 0) is 0 Å². The van der Waals surface area contributed by atoms with Gasteiger partial charge >= 0.3 is 0 Å². The molecule has 1 aliphatic rings. The van der Waals surface area contributed by atoms with Crippen LogP contribution in [0.2, 0.25) is 0 Å². The summed E-state index contributed by atoms with van der Waals surface area (Å²) in [6, 6.07) is 0. The van der Waals surface area contributed by atoms with Crippen molar-refractivity contribution >= 4 is 11.6 Å². The molecule has 1 fully saturated rings. The number of hydrogen-bond acceptors (Lipinski definition) is 0. The van der Waals surface area contributed by atoms with Gasteiger partial charge in [0, 0.05) is 5.88 Å². The van der Waals surface area contributed by atoms with E-state index < -0.39 is 0 Å². The van der Waals surface area contributed by atoms with Crippen LogP contribution < -0.4 is 0 Å². The largest absolute Gasteiger partial charge is 0.126 e. The fourth-order valence-electron chi connectivity index (χ4n) is 3.05. The maximum atomic E-state index is 6.11. The van der Waals surface area contributed by atoms with Crippen molar-refractivity contribution in [1.82, 2.24) is 0 Å². The summed E-state index contributed by atoms with van der Waals surface area (Å²) in [4.78, 5) is 0. The third-order valence-corrected chi connectivity index (χ3v) is 4.59. The fourth-order valence-corrected chi connectivity index (χ4v) is 3.46. The average Bonchev–Trinajstić information content (AvgIpc) is 2.82. The Morgan fingerprint density at radius 2 is 1.62 bits per heavy atom. The molecule has 1 atom stereocenters. The van der Waals surface area contributed by atoms with Crippen molar-refractivity contribution in [2.75, 3.05) is 5.88 Å². The van der Waals surface area contributed by atoms with Crippen LogP contribution in [0, 0.1) is 11.8 Å². The Balaban J connectivity index is 2.00. The van der Waals surface area contributed by atoms with Crippen molar-refractivity contribution in [3.63, 3.8) is 0 Å². The van der Waals surface area contributed by atoms with Crippen molar-refractivity contribution in [3.8, 4) is 0 Å². The molecular weight excluding hydrogens is 216 g/mol. The van der Waals surface area contributed by atoms with Crippen LogP contribution in [0.4, 0.5) is 0 Å². The molecule has 0 aliphatic heterocycles. The number of unbranched alkanes of at least 4 members (excludes halogenated alkanes) is 5. The van der Waals surface area contributed by atoms with E-state index >= 15 is 0 Å². The molecule has 1 saturated carbocycles. The van der Waals surface area contributed by atoms with Gasteiger partial charge in [0.25, 0.3) is 0 Å². The summed E-state index contributed by atoms with van der Waals surface area (Å²) in [7, 11) is 0. The maximum Gasteiger partial charge on any atom is 0.0254 e. The third-order valence-electron chi connectivity index (χ3n) is 4.19. The molecule has 96 valence electrons. The Morgan fingerprint density at radius 3 is 2.25 bits per heavy atom. The molecule has 1 unspecified atom stereocenters. The maximum absolute atomic E-state index is 6.11. The lowest BCUT2D eigenvalue weighted by Gasteiger charge is -2.20. The molecule has 1 aliphatic carbocycles. The molecule has 1 heteroatoms. The number of alkyl halides is 1. The van der Waals surface area contributed by atoms with Gasteiger partial charge in [-0.1, -0.05) is 71.1 Å². The van der Waals surface area contributed by atoms with Crippen LogP contribution in [-0.4, -0.2) is 5.88 Å². The second-order valence-corrected chi connectivity index (χ2v) is 5.82. The Morgan fingerprint density at radius 1 is 1.00 bits per heavy atom. The van der Waals surface area contributed by atoms with E-state index in [4.69, 9.17) is 11.6 Å². The monoisotopic (exact) mass is 244 g/mol. The van der Waals surface area contributed by atoms with Crippen LogP contribution in [0.25, 0.3) is 0 Å². The molecular formula is C15H29Cl. The summed E-state index contributed by atoms with van der Waals surface area (Å²) >= 11 is 6.11. The zero-order valence-electron chi connectivity index (χ0n) is 11.0. The highest BCUT2D eigenvalue weighted by molar-refractivity contribution is 6.18. The number of hydrogen-bond donors (Lipinski definition) is 0. The van der Waals surface area contributed by atoms with E-state index in [1.165, 1.54) is 70.6 Å². The molecule has 0 saturated heterocycles. The predicted molar refractivity (Wildman–Crippen MR) is 74.2 cm³/mol. The average molecular weight is 245 g/mol. The summed E-state index contributed by atoms with van der Waals surface area (Å²) < 4.78 is 0. The first-order valence-electron chi connectivity index (χ1n) is 7.44. The second-order valence-electron chi connectivity index (χ2n) is 5.52. The highest BCUT2D eigenvalue weighted by Gasteiger charge is 2.23. The van der Waals surface area contributed by atoms with Gasteiger partial charge in [-0.3, -0.25) is 0 Å². The van der Waals surface area contributed by atoms with Crippen LogP contribution in [0.3, 0.4) is 0 Å². The summed E-state index contributed by atoms with van der Waals surface area (Å²) in [6.07, 6.45) is 15.7. The zero-order chi connectivity index (χ0) is 11.6. The van der Waals surface area contributed by atoms with Crippen molar-refractivity contribution < 1.29 is 0 Å². The molecule has 0 heterocycles. The molecule has 1 rings (SSSR count). The van der Waals surface area contributed by atoms with Gasteiger partial charge in [-0.25, -0.2) is 0 Å². The quantitative estimate of drug-likeness (QED) is 0.356. The SMILES string of the molecule is CCCCCCCCC(CCl)C1CCCC1. The predicted octanol–water partition coefficient (Wildman–Crippen LogP) is 5.78. The van der Waals surface area contributed by atoms with Crippen LogP contribution in [0.1, 0.15) is 77.6 Å². The fraction of sp³-hybridized carbons (Fsp3) is 1.00. The normalized spacial score (nSPS) is 19.1. The molecule has 0 nitrogen and oxygen atoms in total. The van der Waals surface area contributed by atoms with Crippen LogP contribution in [0.15, 0.2) is 0 Å². The highest BCUT2D eigenvalue weighted by atomic mass is 35.5. The summed E-state index contributed by atoms with van der Waals surface area (Å²) in [5, 5.41) is 0. The molecule has 0 aromatic rings. The topological polar surface area (TPSA) is 0 Å². The van der Waals surface area contributed by atoms with Crippen molar-refractivity contribution in [3.05, 3.63) is 0 Å². The first-order chi connectivity index (χ1) is 7.88. The van der Waals surface area contributed by atoms with E-state index in [2.05, 4.69) is 6.92 Å². The molecule has 0 aromatic heterocycles. The van der Waals surface area contributed by atoms with Crippen molar-refractivity contribution in [1.29, 1.82) is 0 Å². The molecule has 16 heavy (non-hydrogen) atoms. The molecule has 0 spiro atoms. The van der Waals surface area contributed by atoms with Crippen LogP contribution in [0.5, 0.6) is 0 Å². The number of halogens is 1. The lowest BCUT2D eigenvalue weighted by Crippen LogP contribution is -2.13. The van der Waals surface area contributed by atoms with Gasteiger partial charge in [-0.15, -0.1) is 11.6 Å². The van der Waals surface area contributed by atoms with E-state index in [1.807, 2.05) is 0 Å². The van der Waals surface area contributed by atoms with Crippen molar-refractivity contribution in [2.24, 2.45) is 11.8 Å². The molecule has 0 amide bonds. The zero-order valence-corrected chi connectivity index (χ0v) is 11.8. The van der Waals surface area contributed by atoms with E-state index in [0.29, 0.717) is 0 Å². The lowest BCUT2D eigenvalue weighted by atomic mass is 9.88. The van der Waals surface area contributed by atoms with Gasteiger partial charge in [0.05, 0.1) is 0 Å². The Bertz CT molecular complexity index is 150. The minimum atomic E-state index is 0.829. The van der Waals surface area contributed by atoms with E-state index in [-0.39, 0.29) is 0 Å². The Hall–Kier alpha value is 0.290. The highest BCUT2D eigenvalue weighted by Crippen LogP contribution is 2.34. The van der Waals surface area contributed by atoms with Gasteiger partial charge < -0.3 is 0 Å². The van der Waals surface area contributed by atoms with Gasteiger partial charge in [0.15, 0.2) is 0 Å². The molecule has 0 bridgehead atoms. The van der Waals surface area contributed by atoms with Gasteiger partial charge in [-0.05, 0) is 18.3 Å². The minimum Gasteiger partial charge on any atom is -0.126 e. The standard InChI is InChI=1S/C15H29Cl/c1-2-3-4-5-6-7-12-15(13-16)14-10-8-9-11-14/h14-15H,2-13H2,1H3. The van der Waals surface area contributed by atoms with Crippen LogP contribution >= 0.6 is 11.6 Å². The van der Waals surface area contributed by atoms with E-state index in [9.17, 15) is 0 Å². The second kappa shape index (κ2) is 9.33. The summed E-state index contributed by atoms with van der Waals surface area (Å²) in [5.41, 5.74) is 0. The number of rotatable bonds is 9. The molecule has 0 radical (unpaired) electrons.